The molecule has 1 N–H and O–H groups in total. The molecule has 0 bridgehead atoms. The summed E-state index contributed by atoms with van der Waals surface area (Å²) in [6.07, 6.45) is 3.32. The number of hydrogen-bond acceptors (Lipinski definition) is 1. The van der Waals surface area contributed by atoms with E-state index in [0.29, 0.717) is 17.4 Å². The molecule has 19 heavy (non-hydrogen) atoms. The predicted octanol–water partition coefficient (Wildman–Crippen LogP) is 4.44. The molecule has 2 rings (SSSR count). The van der Waals surface area contributed by atoms with Gasteiger partial charge in [0.05, 0.1) is 5.02 Å². The summed E-state index contributed by atoms with van der Waals surface area (Å²) in [7, 11) is 0. The van der Waals surface area contributed by atoms with E-state index in [1.807, 2.05) is 6.07 Å². The molecule has 1 aromatic carbocycles. The molecule has 2 atom stereocenters. The number of benzene rings is 1. The highest BCUT2D eigenvalue weighted by Crippen LogP contribution is 2.54. The van der Waals surface area contributed by atoms with E-state index in [2.05, 4.69) is 26.1 Å². The third-order valence-electron chi connectivity index (χ3n) is 4.17. The quantitative estimate of drug-likeness (QED) is 0.814. The van der Waals surface area contributed by atoms with Gasteiger partial charge in [-0.3, -0.25) is 0 Å². The topological polar surface area (TPSA) is 12.0 Å². The number of halogens is 2. The first kappa shape index (κ1) is 14.8. The van der Waals surface area contributed by atoms with Crippen molar-refractivity contribution in [1.82, 2.24) is 5.32 Å². The summed E-state index contributed by atoms with van der Waals surface area (Å²) < 4.78 is 13.2. The molecule has 1 aromatic rings. The molecule has 0 heterocycles. The summed E-state index contributed by atoms with van der Waals surface area (Å²) in [5, 5.41) is 3.86. The van der Waals surface area contributed by atoms with Gasteiger partial charge in [-0.1, -0.05) is 38.4 Å². The minimum Gasteiger partial charge on any atom is -0.313 e. The largest absolute Gasteiger partial charge is 0.313 e. The van der Waals surface area contributed by atoms with Gasteiger partial charge in [0, 0.05) is 6.04 Å². The van der Waals surface area contributed by atoms with Gasteiger partial charge in [0.2, 0.25) is 0 Å². The first-order chi connectivity index (χ1) is 8.94. The molecule has 0 aliphatic heterocycles. The van der Waals surface area contributed by atoms with E-state index in [1.54, 1.807) is 6.07 Å². The lowest BCUT2D eigenvalue weighted by atomic mass is 9.97. The second-order valence-electron chi connectivity index (χ2n) is 6.31. The Kier molecular flexibility index (Phi) is 4.52. The lowest BCUT2D eigenvalue weighted by Gasteiger charge is -2.20. The van der Waals surface area contributed by atoms with Crippen LogP contribution in [0.5, 0.6) is 0 Å². The van der Waals surface area contributed by atoms with Crippen molar-refractivity contribution < 1.29 is 4.39 Å². The Morgan fingerprint density at radius 2 is 2.16 bits per heavy atom. The first-order valence-corrected chi connectivity index (χ1v) is 7.49. The SMILES string of the molecule is CCCNC(Cc1ccc(F)c(Cl)c1)C1CC1(C)C. The fourth-order valence-corrected chi connectivity index (χ4v) is 3.00. The summed E-state index contributed by atoms with van der Waals surface area (Å²) in [5.74, 6) is 0.373. The second kappa shape index (κ2) is 5.80. The Morgan fingerprint density at radius 3 is 2.68 bits per heavy atom. The van der Waals surface area contributed by atoms with E-state index in [-0.39, 0.29) is 10.8 Å². The van der Waals surface area contributed by atoms with E-state index in [9.17, 15) is 4.39 Å². The third kappa shape index (κ3) is 3.70. The highest BCUT2D eigenvalue weighted by atomic mass is 35.5. The molecule has 3 heteroatoms. The van der Waals surface area contributed by atoms with Crippen molar-refractivity contribution in [3.63, 3.8) is 0 Å². The van der Waals surface area contributed by atoms with Crippen LogP contribution in [0.25, 0.3) is 0 Å². The van der Waals surface area contributed by atoms with Gasteiger partial charge < -0.3 is 5.32 Å². The van der Waals surface area contributed by atoms with Gasteiger partial charge in [-0.15, -0.1) is 0 Å². The lowest BCUT2D eigenvalue weighted by Crippen LogP contribution is -2.35. The van der Waals surface area contributed by atoms with Crippen LogP contribution in [0.2, 0.25) is 5.02 Å². The molecule has 0 aromatic heterocycles. The van der Waals surface area contributed by atoms with E-state index in [0.717, 1.165) is 24.9 Å². The van der Waals surface area contributed by atoms with Crippen LogP contribution < -0.4 is 5.32 Å². The Hall–Kier alpha value is -0.600. The summed E-state index contributed by atoms with van der Waals surface area (Å²) in [4.78, 5) is 0. The highest BCUT2D eigenvalue weighted by molar-refractivity contribution is 6.30. The molecule has 1 fully saturated rings. The van der Waals surface area contributed by atoms with Crippen molar-refractivity contribution in [2.24, 2.45) is 11.3 Å². The van der Waals surface area contributed by atoms with Gasteiger partial charge in [0.1, 0.15) is 5.82 Å². The van der Waals surface area contributed by atoms with Gasteiger partial charge in [-0.05, 0) is 54.8 Å². The molecule has 1 aliphatic carbocycles. The fraction of sp³-hybridized carbons (Fsp3) is 0.625. The second-order valence-corrected chi connectivity index (χ2v) is 6.72. The van der Waals surface area contributed by atoms with Crippen molar-refractivity contribution in [3.8, 4) is 0 Å². The van der Waals surface area contributed by atoms with Crippen LogP contribution in [-0.2, 0) is 6.42 Å². The number of nitrogens with one attached hydrogen (secondary N) is 1. The standard InChI is InChI=1S/C16H23ClFN/c1-4-7-19-15(12-10-16(12,2)3)9-11-5-6-14(18)13(17)8-11/h5-6,8,12,15,19H,4,7,9-10H2,1-3H3. The summed E-state index contributed by atoms with van der Waals surface area (Å²) in [5.41, 5.74) is 1.55. The van der Waals surface area contributed by atoms with Gasteiger partial charge in [-0.2, -0.15) is 0 Å². The number of rotatable bonds is 6. The van der Waals surface area contributed by atoms with Crippen LogP contribution >= 0.6 is 11.6 Å². The molecule has 1 saturated carbocycles. The molecule has 0 spiro atoms. The molecular weight excluding hydrogens is 261 g/mol. The molecule has 0 radical (unpaired) electrons. The minimum absolute atomic E-state index is 0.224. The van der Waals surface area contributed by atoms with E-state index in [4.69, 9.17) is 11.6 Å². The van der Waals surface area contributed by atoms with Crippen molar-refractivity contribution in [2.75, 3.05) is 6.54 Å². The zero-order chi connectivity index (χ0) is 14.0. The van der Waals surface area contributed by atoms with E-state index < -0.39 is 0 Å². The Balaban J connectivity index is 2.05. The minimum atomic E-state index is -0.338. The van der Waals surface area contributed by atoms with Crippen LogP contribution in [0.3, 0.4) is 0 Å². The smallest absolute Gasteiger partial charge is 0.141 e. The van der Waals surface area contributed by atoms with Crippen LogP contribution in [-0.4, -0.2) is 12.6 Å². The van der Waals surface area contributed by atoms with Gasteiger partial charge in [0.25, 0.3) is 0 Å². The normalized spacial score (nSPS) is 22.3. The highest BCUT2D eigenvalue weighted by Gasteiger charge is 2.49. The monoisotopic (exact) mass is 283 g/mol. The zero-order valence-corrected chi connectivity index (χ0v) is 12.7. The molecular formula is C16H23ClFN. The van der Waals surface area contributed by atoms with Crippen LogP contribution in [0.4, 0.5) is 4.39 Å². The molecule has 0 saturated heterocycles. The first-order valence-electron chi connectivity index (χ1n) is 7.11. The van der Waals surface area contributed by atoms with Crippen molar-refractivity contribution in [1.29, 1.82) is 0 Å². The summed E-state index contributed by atoms with van der Waals surface area (Å²) in [6.45, 7) is 7.84. The zero-order valence-electron chi connectivity index (χ0n) is 12.0. The summed E-state index contributed by atoms with van der Waals surface area (Å²) >= 11 is 5.86. The van der Waals surface area contributed by atoms with Crippen molar-refractivity contribution >= 4 is 11.6 Å². The van der Waals surface area contributed by atoms with E-state index in [1.165, 1.54) is 12.5 Å². The van der Waals surface area contributed by atoms with E-state index >= 15 is 0 Å². The Morgan fingerprint density at radius 1 is 1.47 bits per heavy atom. The Labute approximate surface area is 120 Å². The molecule has 1 aliphatic rings. The van der Waals surface area contributed by atoms with Crippen LogP contribution in [0.15, 0.2) is 18.2 Å². The maximum absolute atomic E-state index is 13.2. The maximum atomic E-state index is 13.2. The average molecular weight is 284 g/mol. The van der Waals surface area contributed by atoms with Crippen molar-refractivity contribution in [3.05, 3.63) is 34.6 Å². The maximum Gasteiger partial charge on any atom is 0.141 e. The average Bonchev–Trinajstić information content (AvgIpc) is 2.98. The number of hydrogen-bond donors (Lipinski definition) is 1. The Bertz CT molecular complexity index is 444. The lowest BCUT2D eigenvalue weighted by molar-refractivity contribution is 0.402. The molecule has 2 unspecified atom stereocenters. The van der Waals surface area contributed by atoms with Gasteiger partial charge >= 0.3 is 0 Å². The third-order valence-corrected chi connectivity index (χ3v) is 4.46. The van der Waals surface area contributed by atoms with Gasteiger partial charge in [-0.25, -0.2) is 4.39 Å². The molecule has 0 amide bonds. The summed E-state index contributed by atoms with van der Waals surface area (Å²) in [6, 6.07) is 5.54. The molecule has 106 valence electrons. The molecule has 1 nitrogen and oxygen atoms in total. The van der Waals surface area contributed by atoms with Crippen LogP contribution in [0.1, 0.15) is 39.2 Å². The van der Waals surface area contributed by atoms with Crippen LogP contribution in [0, 0.1) is 17.2 Å². The fourth-order valence-electron chi connectivity index (χ4n) is 2.80. The van der Waals surface area contributed by atoms with Gasteiger partial charge in [0.15, 0.2) is 0 Å². The van der Waals surface area contributed by atoms with Crippen molar-refractivity contribution in [2.45, 2.75) is 46.1 Å². The predicted molar refractivity (Wildman–Crippen MR) is 79.1 cm³/mol.